The summed E-state index contributed by atoms with van der Waals surface area (Å²) < 4.78 is 11.8. The molecule has 1 N–H and O–H groups in total. The van der Waals surface area contributed by atoms with E-state index in [-0.39, 0.29) is 0 Å². The minimum Gasteiger partial charge on any atom is -0.489 e. The van der Waals surface area contributed by atoms with Crippen molar-refractivity contribution in [3.8, 4) is 11.5 Å². The van der Waals surface area contributed by atoms with Crippen LogP contribution in [0, 0.1) is 0 Å². The summed E-state index contributed by atoms with van der Waals surface area (Å²) in [5.74, 6) is 0.369. The van der Waals surface area contributed by atoms with Gasteiger partial charge in [-0.05, 0) is 41.5 Å². The fraction of sp³-hybridized carbons (Fsp3) is 0.0769. The first-order chi connectivity index (χ1) is 15.2. The van der Waals surface area contributed by atoms with Crippen LogP contribution < -0.4 is 9.47 Å². The number of fused-ring (bicyclic) bond motifs is 1. The molecule has 0 saturated heterocycles. The summed E-state index contributed by atoms with van der Waals surface area (Å²) >= 11 is 0. The number of benzene rings is 3. The molecule has 0 bridgehead atoms. The lowest BCUT2D eigenvalue weighted by Gasteiger charge is -2.11. The zero-order valence-corrected chi connectivity index (χ0v) is 16.8. The highest BCUT2D eigenvalue weighted by Crippen LogP contribution is 2.22. The maximum Gasteiger partial charge on any atom is 0.328 e. The van der Waals surface area contributed by atoms with Gasteiger partial charge < -0.3 is 14.6 Å². The standard InChI is InChI=1S/C26H21NO4/c28-26(29)15-13-19-6-1-2-8-21(19)17-30-23-9-5-10-24(16-23)31-18-22-14-12-20-7-3-4-11-25(20)27-22/h1-16H,17-18H2,(H,28,29). The van der Waals surface area contributed by atoms with E-state index in [2.05, 4.69) is 4.98 Å². The van der Waals surface area contributed by atoms with Crippen molar-refractivity contribution in [3.63, 3.8) is 0 Å². The normalized spacial score (nSPS) is 11.0. The first-order valence-corrected chi connectivity index (χ1v) is 9.87. The molecule has 4 aromatic rings. The number of hydrogen-bond donors (Lipinski definition) is 1. The van der Waals surface area contributed by atoms with E-state index >= 15 is 0 Å². The van der Waals surface area contributed by atoms with E-state index in [1.54, 1.807) is 6.08 Å². The summed E-state index contributed by atoms with van der Waals surface area (Å²) in [6.45, 7) is 0.674. The van der Waals surface area contributed by atoms with E-state index in [9.17, 15) is 4.79 Å². The molecule has 0 aliphatic carbocycles. The van der Waals surface area contributed by atoms with Crippen molar-refractivity contribution in [3.05, 3.63) is 108 Å². The Morgan fingerprint density at radius 2 is 1.58 bits per heavy atom. The molecule has 5 nitrogen and oxygen atoms in total. The number of nitrogens with zero attached hydrogens (tertiary/aromatic N) is 1. The van der Waals surface area contributed by atoms with Gasteiger partial charge in [0.15, 0.2) is 0 Å². The quantitative estimate of drug-likeness (QED) is 0.388. The summed E-state index contributed by atoms with van der Waals surface area (Å²) in [5, 5.41) is 9.95. The predicted molar refractivity (Wildman–Crippen MR) is 120 cm³/mol. The number of carbonyl (C=O) groups is 1. The number of hydrogen-bond acceptors (Lipinski definition) is 4. The van der Waals surface area contributed by atoms with Crippen LogP contribution in [-0.2, 0) is 18.0 Å². The molecule has 1 aromatic heterocycles. The number of rotatable bonds is 8. The summed E-state index contributed by atoms with van der Waals surface area (Å²) in [7, 11) is 0. The van der Waals surface area contributed by atoms with Gasteiger partial charge in [-0.3, -0.25) is 0 Å². The largest absolute Gasteiger partial charge is 0.489 e. The third-order valence-electron chi connectivity index (χ3n) is 4.70. The zero-order chi connectivity index (χ0) is 21.5. The molecule has 154 valence electrons. The predicted octanol–water partition coefficient (Wildman–Crippen LogP) is 5.49. The van der Waals surface area contributed by atoms with Crippen molar-refractivity contribution in [1.29, 1.82) is 0 Å². The van der Waals surface area contributed by atoms with E-state index in [0.717, 1.165) is 33.8 Å². The third kappa shape index (κ3) is 5.48. The number of carboxylic acids is 1. The lowest BCUT2D eigenvalue weighted by atomic mass is 10.1. The fourth-order valence-electron chi connectivity index (χ4n) is 3.15. The highest BCUT2D eigenvalue weighted by atomic mass is 16.5. The molecule has 0 atom stereocenters. The SMILES string of the molecule is O=C(O)C=Cc1ccccc1COc1cccc(OCc2ccc3ccccc3n2)c1. The molecule has 0 fully saturated rings. The van der Waals surface area contributed by atoms with Gasteiger partial charge in [0.1, 0.15) is 24.7 Å². The van der Waals surface area contributed by atoms with Gasteiger partial charge in [-0.1, -0.05) is 54.6 Å². The Hall–Kier alpha value is -4.12. The Morgan fingerprint density at radius 1 is 0.839 bits per heavy atom. The zero-order valence-electron chi connectivity index (χ0n) is 16.8. The Bertz CT molecular complexity index is 1230. The average Bonchev–Trinajstić information content (AvgIpc) is 2.80. The average molecular weight is 411 g/mol. The Labute approximate surface area is 180 Å². The van der Waals surface area contributed by atoms with Crippen molar-refractivity contribution >= 4 is 22.9 Å². The molecular weight excluding hydrogens is 390 g/mol. The second kappa shape index (κ2) is 9.59. The van der Waals surface area contributed by atoms with Crippen molar-refractivity contribution in [2.75, 3.05) is 0 Å². The van der Waals surface area contributed by atoms with Crippen LogP contribution >= 0.6 is 0 Å². The molecule has 3 aromatic carbocycles. The van der Waals surface area contributed by atoms with E-state index < -0.39 is 5.97 Å². The maximum absolute atomic E-state index is 10.8. The topological polar surface area (TPSA) is 68.7 Å². The molecule has 0 aliphatic heterocycles. The number of aromatic nitrogens is 1. The van der Waals surface area contributed by atoms with Gasteiger partial charge in [0.2, 0.25) is 0 Å². The summed E-state index contributed by atoms with van der Waals surface area (Å²) in [6, 6.07) is 26.9. The number of pyridine rings is 1. The fourth-order valence-corrected chi connectivity index (χ4v) is 3.15. The minimum atomic E-state index is -0.985. The molecule has 1 heterocycles. The van der Waals surface area contributed by atoms with Crippen LogP contribution in [0.2, 0.25) is 0 Å². The summed E-state index contributed by atoms with van der Waals surface area (Å²) in [6.07, 6.45) is 2.69. The van der Waals surface area contributed by atoms with Crippen molar-refractivity contribution in [2.24, 2.45) is 0 Å². The van der Waals surface area contributed by atoms with Gasteiger partial charge in [-0.2, -0.15) is 0 Å². The Balaban J connectivity index is 1.40. The van der Waals surface area contributed by atoms with Gasteiger partial charge in [-0.25, -0.2) is 9.78 Å². The minimum absolute atomic E-state index is 0.315. The molecular formula is C26H21NO4. The van der Waals surface area contributed by atoms with Gasteiger partial charge in [0, 0.05) is 17.5 Å². The van der Waals surface area contributed by atoms with E-state index in [4.69, 9.17) is 14.6 Å². The van der Waals surface area contributed by atoms with Crippen LogP contribution in [0.1, 0.15) is 16.8 Å². The second-order valence-corrected chi connectivity index (χ2v) is 6.92. The number of aliphatic carboxylic acids is 1. The van der Waals surface area contributed by atoms with Crippen LogP contribution in [0.3, 0.4) is 0 Å². The first kappa shape index (κ1) is 20.2. The second-order valence-electron chi connectivity index (χ2n) is 6.92. The van der Waals surface area contributed by atoms with Gasteiger partial charge >= 0.3 is 5.97 Å². The van der Waals surface area contributed by atoms with Crippen LogP contribution in [0.15, 0.2) is 91.0 Å². The first-order valence-electron chi connectivity index (χ1n) is 9.87. The van der Waals surface area contributed by atoms with Crippen molar-refractivity contribution in [1.82, 2.24) is 4.98 Å². The van der Waals surface area contributed by atoms with Crippen LogP contribution in [-0.4, -0.2) is 16.1 Å². The molecule has 0 aliphatic rings. The highest BCUT2D eigenvalue weighted by molar-refractivity contribution is 5.85. The Morgan fingerprint density at radius 3 is 2.42 bits per heavy atom. The molecule has 0 amide bonds. The number of para-hydroxylation sites is 1. The van der Waals surface area contributed by atoms with E-state index in [0.29, 0.717) is 24.7 Å². The number of carboxylic acid groups (broad SMARTS) is 1. The summed E-state index contributed by atoms with van der Waals surface area (Å²) in [4.78, 5) is 15.4. The molecule has 0 unspecified atom stereocenters. The van der Waals surface area contributed by atoms with Crippen LogP contribution in [0.25, 0.3) is 17.0 Å². The highest BCUT2D eigenvalue weighted by Gasteiger charge is 2.04. The molecule has 0 saturated carbocycles. The third-order valence-corrected chi connectivity index (χ3v) is 4.70. The lowest BCUT2D eigenvalue weighted by molar-refractivity contribution is -0.131. The maximum atomic E-state index is 10.8. The molecule has 5 heteroatoms. The molecule has 0 spiro atoms. The van der Waals surface area contributed by atoms with Gasteiger partial charge in [0.25, 0.3) is 0 Å². The summed E-state index contributed by atoms with van der Waals surface area (Å²) in [5.41, 5.74) is 3.49. The van der Waals surface area contributed by atoms with E-state index in [1.807, 2.05) is 84.9 Å². The van der Waals surface area contributed by atoms with Gasteiger partial charge in [-0.15, -0.1) is 0 Å². The van der Waals surface area contributed by atoms with Crippen molar-refractivity contribution in [2.45, 2.75) is 13.2 Å². The van der Waals surface area contributed by atoms with Crippen molar-refractivity contribution < 1.29 is 19.4 Å². The molecule has 4 rings (SSSR count). The van der Waals surface area contributed by atoms with Crippen LogP contribution in [0.4, 0.5) is 0 Å². The van der Waals surface area contributed by atoms with Gasteiger partial charge in [0.05, 0.1) is 11.2 Å². The molecule has 0 radical (unpaired) electrons. The Kier molecular flexibility index (Phi) is 6.24. The number of ether oxygens (including phenoxy) is 2. The lowest BCUT2D eigenvalue weighted by Crippen LogP contribution is -2.00. The smallest absolute Gasteiger partial charge is 0.328 e. The monoisotopic (exact) mass is 411 g/mol. The molecule has 31 heavy (non-hydrogen) atoms. The van der Waals surface area contributed by atoms with Crippen LogP contribution in [0.5, 0.6) is 11.5 Å². The van der Waals surface area contributed by atoms with E-state index in [1.165, 1.54) is 0 Å².